The largest absolute Gasteiger partial charge is 0.354 e. The Balaban J connectivity index is 1.68. The normalized spacial score (nSPS) is 12.1. The summed E-state index contributed by atoms with van der Waals surface area (Å²) in [4.78, 5) is 26.1. The SMILES string of the molecule is Cc1nn(C)c2c1c(-c1ccccc1)cc(=O)n2C(C)C(=O)NCCc1ccccc1. The first-order valence-electron chi connectivity index (χ1n) is 10.4. The zero-order valence-electron chi connectivity index (χ0n) is 18.0. The topological polar surface area (TPSA) is 68.9 Å². The monoisotopic (exact) mass is 414 g/mol. The van der Waals surface area contributed by atoms with Gasteiger partial charge in [-0.3, -0.25) is 18.8 Å². The molecule has 2 aromatic heterocycles. The minimum absolute atomic E-state index is 0.189. The van der Waals surface area contributed by atoms with Crippen molar-refractivity contribution in [3.05, 3.63) is 88.3 Å². The molecule has 158 valence electrons. The fraction of sp³-hybridized carbons (Fsp3) is 0.240. The summed E-state index contributed by atoms with van der Waals surface area (Å²) in [6.07, 6.45) is 0.737. The van der Waals surface area contributed by atoms with Gasteiger partial charge in [0.25, 0.3) is 5.56 Å². The Hall–Kier alpha value is -3.67. The highest BCUT2D eigenvalue weighted by molar-refractivity contribution is 5.96. The van der Waals surface area contributed by atoms with E-state index in [0.29, 0.717) is 12.2 Å². The summed E-state index contributed by atoms with van der Waals surface area (Å²) in [5.74, 6) is -0.189. The molecule has 0 radical (unpaired) electrons. The van der Waals surface area contributed by atoms with E-state index in [0.717, 1.165) is 34.2 Å². The molecule has 0 spiro atoms. The molecule has 4 rings (SSSR count). The molecule has 1 atom stereocenters. The molecule has 0 saturated heterocycles. The van der Waals surface area contributed by atoms with Gasteiger partial charge in [-0.2, -0.15) is 5.10 Å². The zero-order chi connectivity index (χ0) is 22.0. The van der Waals surface area contributed by atoms with Crippen LogP contribution in [0.2, 0.25) is 0 Å². The van der Waals surface area contributed by atoms with Crippen molar-refractivity contribution in [3.63, 3.8) is 0 Å². The van der Waals surface area contributed by atoms with Gasteiger partial charge >= 0.3 is 0 Å². The maximum atomic E-state index is 13.2. The van der Waals surface area contributed by atoms with Gasteiger partial charge in [-0.1, -0.05) is 60.7 Å². The Bertz CT molecular complexity index is 1270. The summed E-state index contributed by atoms with van der Waals surface area (Å²) in [6.45, 7) is 4.19. The maximum Gasteiger partial charge on any atom is 0.253 e. The van der Waals surface area contributed by atoms with E-state index < -0.39 is 6.04 Å². The minimum atomic E-state index is -0.662. The molecule has 6 heteroatoms. The van der Waals surface area contributed by atoms with Crippen LogP contribution in [-0.2, 0) is 18.3 Å². The molecular weight excluding hydrogens is 388 g/mol. The third kappa shape index (κ3) is 4.01. The molecule has 4 aromatic rings. The molecule has 2 aromatic carbocycles. The van der Waals surface area contributed by atoms with Gasteiger partial charge in [0, 0.05) is 25.0 Å². The molecule has 1 unspecified atom stereocenters. The van der Waals surface area contributed by atoms with Crippen molar-refractivity contribution in [2.75, 3.05) is 6.54 Å². The molecule has 2 heterocycles. The fourth-order valence-electron chi connectivity index (χ4n) is 4.07. The number of nitrogens with zero attached hydrogens (tertiary/aromatic N) is 3. The Morgan fingerprint density at radius 3 is 2.39 bits per heavy atom. The molecule has 0 bridgehead atoms. The van der Waals surface area contributed by atoms with Crippen LogP contribution in [0.4, 0.5) is 0 Å². The molecule has 0 aliphatic heterocycles. The molecule has 0 fully saturated rings. The lowest BCUT2D eigenvalue weighted by atomic mass is 10.0. The van der Waals surface area contributed by atoms with Crippen LogP contribution in [0.15, 0.2) is 71.5 Å². The molecule has 1 amide bonds. The zero-order valence-corrected chi connectivity index (χ0v) is 18.0. The van der Waals surface area contributed by atoms with Crippen LogP contribution in [-0.4, -0.2) is 26.8 Å². The van der Waals surface area contributed by atoms with Crippen molar-refractivity contribution < 1.29 is 4.79 Å². The highest BCUT2D eigenvalue weighted by Crippen LogP contribution is 2.30. The van der Waals surface area contributed by atoms with Gasteiger partial charge < -0.3 is 5.32 Å². The number of nitrogens with one attached hydrogen (secondary N) is 1. The lowest BCUT2D eigenvalue weighted by molar-refractivity contribution is -0.123. The number of amides is 1. The van der Waals surface area contributed by atoms with Crippen LogP contribution < -0.4 is 10.9 Å². The maximum absolute atomic E-state index is 13.2. The van der Waals surface area contributed by atoms with Crippen molar-refractivity contribution >= 4 is 16.9 Å². The Morgan fingerprint density at radius 2 is 1.71 bits per heavy atom. The van der Waals surface area contributed by atoms with E-state index in [4.69, 9.17) is 0 Å². The van der Waals surface area contributed by atoms with E-state index in [-0.39, 0.29) is 11.5 Å². The van der Waals surface area contributed by atoms with Crippen molar-refractivity contribution in [3.8, 4) is 11.1 Å². The number of carbonyl (C=O) groups excluding carboxylic acids is 1. The average molecular weight is 415 g/mol. The smallest absolute Gasteiger partial charge is 0.253 e. The number of benzene rings is 2. The van der Waals surface area contributed by atoms with Crippen LogP contribution in [0.5, 0.6) is 0 Å². The molecule has 0 saturated carbocycles. The fourth-order valence-corrected chi connectivity index (χ4v) is 4.07. The Labute approximate surface area is 181 Å². The first-order valence-corrected chi connectivity index (χ1v) is 10.4. The number of aromatic nitrogens is 3. The van der Waals surface area contributed by atoms with Crippen molar-refractivity contribution in [2.24, 2.45) is 7.05 Å². The highest BCUT2D eigenvalue weighted by Gasteiger charge is 2.23. The molecular formula is C25H26N4O2. The molecule has 1 N–H and O–H groups in total. The lowest BCUT2D eigenvalue weighted by Gasteiger charge is -2.18. The summed E-state index contributed by atoms with van der Waals surface area (Å²) >= 11 is 0. The summed E-state index contributed by atoms with van der Waals surface area (Å²) in [5.41, 5.74) is 4.19. The van der Waals surface area contributed by atoms with Crippen LogP contribution in [0.25, 0.3) is 22.2 Å². The first-order chi connectivity index (χ1) is 15.0. The van der Waals surface area contributed by atoms with E-state index in [9.17, 15) is 9.59 Å². The second-order valence-corrected chi connectivity index (χ2v) is 7.74. The number of hydrogen-bond donors (Lipinski definition) is 1. The minimum Gasteiger partial charge on any atom is -0.354 e. The summed E-state index contributed by atoms with van der Waals surface area (Å²) in [6, 6.07) is 20.7. The van der Waals surface area contributed by atoms with Crippen molar-refractivity contribution in [2.45, 2.75) is 26.3 Å². The van der Waals surface area contributed by atoms with Gasteiger partial charge in [-0.15, -0.1) is 0 Å². The second-order valence-electron chi connectivity index (χ2n) is 7.74. The Kier molecular flexibility index (Phi) is 5.71. The second kappa shape index (κ2) is 8.60. The lowest BCUT2D eigenvalue weighted by Crippen LogP contribution is -2.37. The van der Waals surface area contributed by atoms with E-state index in [1.807, 2.05) is 67.6 Å². The Morgan fingerprint density at radius 1 is 1.06 bits per heavy atom. The van der Waals surface area contributed by atoms with Crippen LogP contribution in [0, 0.1) is 6.92 Å². The van der Waals surface area contributed by atoms with Gasteiger partial charge in [0.15, 0.2) is 0 Å². The van der Waals surface area contributed by atoms with Gasteiger partial charge in [-0.25, -0.2) is 0 Å². The van der Waals surface area contributed by atoms with E-state index in [2.05, 4.69) is 10.4 Å². The third-order valence-electron chi connectivity index (χ3n) is 5.60. The standard InChI is InChI=1S/C25H26N4O2/c1-17-23-21(20-12-8-5-9-13-20)16-22(30)29(25(23)28(3)27-17)18(2)24(31)26-15-14-19-10-6-4-7-11-19/h4-13,16,18H,14-15H2,1-3H3,(H,26,31). The molecule has 0 aliphatic rings. The van der Waals surface area contributed by atoms with Gasteiger partial charge in [-0.05, 0) is 37.0 Å². The van der Waals surface area contributed by atoms with Gasteiger partial charge in [0.1, 0.15) is 11.7 Å². The highest BCUT2D eigenvalue weighted by atomic mass is 16.2. The number of pyridine rings is 1. The number of rotatable bonds is 6. The van der Waals surface area contributed by atoms with E-state index in [1.165, 1.54) is 0 Å². The number of fused-ring (bicyclic) bond motifs is 1. The van der Waals surface area contributed by atoms with Crippen LogP contribution >= 0.6 is 0 Å². The van der Waals surface area contributed by atoms with Gasteiger partial charge in [0.05, 0.1) is 5.69 Å². The molecule has 31 heavy (non-hydrogen) atoms. The van der Waals surface area contributed by atoms with E-state index in [1.54, 1.807) is 29.3 Å². The van der Waals surface area contributed by atoms with Crippen molar-refractivity contribution in [1.29, 1.82) is 0 Å². The molecule has 0 aliphatic carbocycles. The van der Waals surface area contributed by atoms with E-state index >= 15 is 0 Å². The van der Waals surface area contributed by atoms with Crippen LogP contribution in [0.1, 0.15) is 24.2 Å². The summed E-state index contributed by atoms with van der Waals surface area (Å²) in [7, 11) is 1.81. The predicted octanol–water partition coefficient (Wildman–Crippen LogP) is 3.63. The molecule has 6 nitrogen and oxygen atoms in total. The number of aryl methyl sites for hydroxylation is 2. The average Bonchev–Trinajstić information content (AvgIpc) is 3.08. The number of carbonyl (C=O) groups is 1. The summed E-state index contributed by atoms with van der Waals surface area (Å²) < 4.78 is 3.23. The quantitative estimate of drug-likeness (QED) is 0.524. The number of hydrogen-bond acceptors (Lipinski definition) is 3. The van der Waals surface area contributed by atoms with Crippen molar-refractivity contribution in [1.82, 2.24) is 19.7 Å². The van der Waals surface area contributed by atoms with Gasteiger partial charge in [0.2, 0.25) is 5.91 Å². The van der Waals surface area contributed by atoms with Crippen LogP contribution in [0.3, 0.4) is 0 Å². The predicted molar refractivity (Wildman–Crippen MR) is 123 cm³/mol. The first kappa shape index (κ1) is 20.6. The summed E-state index contributed by atoms with van der Waals surface area (Å²) in [5, 5.41) is 8.40. The third-order valence-corrected chi connectivity index (χ3v) is 5.60.